The SMILES string of the molecule is COc1ccc(P(c2ccc(OC)cc2)C(C)[c-]2cccc2P(c2ccccc2)c2ccccc2)cc1.[Fe].[cH-]1[cH-][cH-][cH-][cH-]1. The van der Waals surface area contributed by atoms with Gasteiger partial charge in [-0.05, 0) is 67.0 Å². The Morgan fingerprint density at radius 3 is 1.35 bits per heavy atom. The minimum Gasteiger partial charge on any atom is -0.748 e. The molecule has 0 aliphatic carbocycles. The second-order valence-corrected chi connectivity index (χ2v) is 14.5. The Morgan fingerprint density at radius 2 is 0.953 bits per heavy atom. The topological polar surface area (TPSA) is 18.5 Å². The fourth-order valence-electron chi connectivity index (χ4n) is 5.10. The van der Waals surface area contributed by atoms with Gasteiger partial charge in [0.05, 0.1) is 14.2 Å². The van der Waals surface area contributed by atoms with Crippen LogP contribution in [0.25, 0.3) is 0 Å². The summed E-state index contributed by atoms with van der Waals surface area (Å²) in [6.45, 7) is 2.39. The van der Waals surface area contributed by atoms with Gasteiger partial charge in [-0.15, -0.1) is 10.9 Å². The van der Waals surface area contributed by atoms with E-state index in [-0.39, 0.29) is 17.1 Å². The van der Waals surface area contributed by atoms with E-state index in [1.807, 2.05) is 30.3 Å². The van der Waals surface area contributed by atoms with E-state index in [2.05, 4.69) is 134 Å². The molecule has 43 heavy (non-hydrogen) atoms. The van der Waals surface area contributed by atoms with Crippen molar-refractivity contribution < 1.29 is 26.5 Å². The summed E-state index contributed by atoms with van der Waals surface area (Å²) in [5.74, 6) is 1.76. The summed E-state index contributed by atoms with van der Waals surface area (Å²) in [7, 11) is 2.09. The third-order valence-electron chi connectivity index (χ3n) is 7.19. The zero-order valence-corrected chi connectivity index (χ0v) is 27.5. The molecule has 0 heterocycles. The van der Waals surface area contributed by atoms with Gasteiger partial charge in [0.25, 0.3) is 0 Å². The molecule has 0 saturated carbocycles. The monoisotopic (exact) mass is 642 g/mol. The summed E-state index contributed by atoms with van der Waals surface area (Å²) in [6, 6.07) is 56.0. The van der Waals surface area contributed by atoms with E-state index in [9.17, 15) is 0 Å². The van der Waals surface area contributed by atoms with Crippen LogP contribution in [0.5, 0.6) is 11.5 Å². The Bertz CT molecular complexity index is 1490. The Kier molecular flexibility index (Phi) is 12.4. The fourth-order valence-corrected chi connectivity index (χ4v) is 10.4. The molecule has 0 aliphatic rings. The van der Waals surface area contributed by atoms with E-state index in [1.54, 1.807) is 14.2 Å². The van der Waals surface area contributed by atoms with Crippen molar-refractivity contribution in [3.05, 3.63) is 163 Å². The number of ether oxygens (including phenoxy) is 2. The van der Waals surface area contributed by atoms with Crippen LogP contribution in [0.4, 0.5) is 0 Å². The molecule has 1 atom stereocenters. The first-order chi connectivity index (χ1) is 20.7. The van der Waals surface area contributed by atoms with Gasteiger partial charge in [-0.1, -0.05) is 91.9 Å². The summed E-state index contributed by atoms with van der Waals surface area (Å²) in [5, 5.41) is 6.87. The average Bonchev–Trinajstić information content (AvgIpc) is 3.80. The van der Waals surface area contributed by atoms with Crippen molar-refractivity contribution in [1.82, 2.24) is 0 Å². The van der Waals surface area contributed by atoms with Gasteiger partial charge >= 0.3 is 0 Å². The van der Waals surface area contributed by atoms with Gasteiger partial charge in [-0.25, -0.2) is 12.1 Å². The maximum Gasteiger partial charge on any atom is 0.118 e. The maximum atomic E-state index is 5.46. The summed E-state index contributed by atoms with van der Waals surface area (Å²) in [5.41, 5.74) is 1.75. The third-order valence-corrected chi connectivity index (χ3v) is 12.5. The molecule has 0 bridgehead atoms. The van der Waals surface area contributed by atoms with Gasteiger partial charge in [0.1, 0.15) is 11.5 Å². The van der Waals surface area contributed by atoms with Gasteiger partial charge in [0.2, 0.25) is 0 Å². The van der Waals surface area contributed by atoms with Crippen molar-refractivity contribution in [3.8, 4) is 11.5 Å². The number of rotatable bonds is 9. The second-order valence-electron chi connectivity index (χ2n) is 9.78. The van der Waals surface area contributed by atoms with Crippen LogP contribution in [-0.2, 0) is 17.1 Å². The van der Waals surface area contributed by atoms with Crippen LogP contribution >= 0.6 is 15.8 Å². The van der Waals surface area contributed by atoms with E-state index in [4.69, 9.17) is 9.47 Å². The van der Waals surface area contributed by atoms with Gasteiger partial charge < -0.3 is 39.8 Å². The molecule has 0 aromatic heterocycles. The first-order valence-corrected chi connectivity index (χ1v) is 16.8. The normalized spacial score (nSPS) is 11.3. The largest absolute Gasteiger partial charge is 0.748 e. The summed E-state index contributed by atoms with van der Waals surface area (Å²) in [4.78, 5) is 0. The second kappa shape index (κ2) is 16.4. The number of benzene rings is 4. The van der Waals surface area contributed by atoms with E-state index >= 15 is 0 Å². The fraction of sp³-hybridized carbons (Fsp3) is 0.105. The molecule has 224 valence electrons. The van der Waals surface area contributed by atoms with Crippen molar-refractivity contribution in [3.63, 3.8) is 0 Å². The minimum absolute atomic E-state index is 0. The van der Waals surface area contributed by atoms with Gasteiger partial charge in [0.15, 0.2) is 0 Å². The number of hydrogen-bond acceptors (Lipinski definition) is 2. The molecule has 0 saturated heterocycles. The summed E-state index contributed by atoms with van der Waals surface area (Å²) in [6.07, 6.45) is 0. The number of hydrogen-bond donors (Lipinski definition) is 0. The molecule has 2 nitrogen and oxygen atoms in total. The molecule has 6 aromatic carbocycles. The van der Waals surface area contributed by atoms with Gasteiger partial charge in [0, 0.05) is 17.1 Å². The molecule has 0 aliphatic heterocycles. The van der Waals surface area contributed by atoms with E-state index < -0.39 is 15.8 Å². The smallest absolute Gasteiger partial charge is 0.118 e. The van der Waals surface area contributed by atoms with Crippen molar-refractivity contribution in [2.75, 3.05) is 14.2 Å². The quantitative estimate of drug-likeness (QED) is 0.0912. The van der Waals surface area contributed by atoms with Crippen molar-refractivity contribution >= 4 is 42.4 Å². The molecular weight excluding hydrogens is 606 g/mol. The minimum atomic E-state index is -0.677. The molecule has 5 heteroatoms. The first-order valence-electron chi connectivity index (χ1n) is 14.1. The Morgan fingerprint density at radius 1 is 0.535 bits per heavy atom. The molecule has 6 rings (SSSR count). The predicted molar refractivity (Wildman–Crippen MR) is 183 cm³/mol. The van der Waals surface area contributed by atoms with Crippen molar-refractivity contribution in [1.29, 1.82) is 0 Å². The Labute approximate surface area is 269 Å². The zero-order chi connectivity index (χ0) is 29.1. The molecule has 0 spiro atoms. The van der Waals surface area contributed by atoms with Crippen molar-refractivity contribution in [2.24, 2.45) is 0 Å². The number of methoxy groups -OCH3 is 2. The zero-order valence-electron chi connectivity index (χ0n) is 24.7. The molecular formula is C38H36FeO2P2-6. The van der Waals surface area contributed by atoms with Crippen LogP contribution in [0.15, 0.2) is 158 Å². The Balaban J connectivity index is 0.000000641. The van der Waals surface area contributed by atoms with Crippen LogP contribution in [0.3, 0.4) is 0 Å². The van der Waals surface area contributed by atoms with Crippen LogP contribution in [0.2, 0.25) is 0 Å². The molecule has 0 N–H and O–H groups in total. The molecule has 0 amide bonds. The van der Waals surface area contributed by atoms with E-state index in [0.717, 1.165) is 11.5 Å². The van der Waals surface area contributed by atoms with E-state index in [0.29, 0.717) is 5.66 Å². The standard InChI is InChI=1S/C33H31O2P2.C5H5.Fe/c1-25(36(30-21-17-26(34-2)18-22-30)31-23-19-27(35-3)20-24-31)32-15-10-16-33(32)37(28-11-6-4-7-12-28)29-13-8-5-9-14-29;1-2-4-5-3-1;/h4-25H,1-3H3;1-5H;/q-1;-5;. The van der Waals surface area contributed by atoms with Crippen LogP contribution in [0, 0.1) is 0 Å². The van der Waals surface area contributed by atoms with E-state index in [1.165, 1.54) is 32.1 Å². The first kappa shape index (κ1) is 32.5. The third kappa shape index (κ3) is 8.14. The molecule has 6 aromatic rings. The van der Waals surface area contributed by atoms with Gasteiger partial charge in [-0.2, -0.15) is 6.07 Å². The average molecular weight is 642 g/mol. The summed E-state index contributed by atoms with van der Waals surface area (Å²) >= 11 is 0. The Hall–Kier alpha value is -3.44. The molecule has 1 unspecified atom stereocenters. The maximum absolute atomic E-state index is 5.46. The van der Waals surface area contributed by atoms with Crippen LogP contribution in [-0.4, -0.2) is 14.2 Å². The predicted octanol–water partition coefficient (Wildman–Crippen LogP) is 7.78. The van der Waals surface area contributed by atoms with Gasteiger partial charge in [-0.3, -0.25) is 0 Å². The molecule has 0 fully saturated rings. The molecule has 0 radical (unpaired) electrons. The van der Waals surface area contributed by atoms with Crippen LogP contribution < -0.4 is 36.0 Å². The van der Waals surface area contributed by atoms with Crippen molar-refractivity contribution in [2.45, 2.75) is 12.6 Å². The summed E-state index contributed by atoms with van der Waals surface area (Å²) < 4.78 is 10.9. The van der Waals surface area contributed by atoms with Crippen LogP contribution in [0.1, 0.15) is 18.1 Å².